The minimum atomic E-state index is -0.215. The number of carbonyl (C=O) groups is 1. The van der Waals surface area contributed by atoms with Crippen LogP contribution in [0.4, 0.5) is 5.82 Å². The normalized spacial score (nSPS) is 22.4. The number of fused-ring (bicyclic) bond motifs is 1. The van der Waals surface area contributed by atoms with Gasteiger partial charge >= 0.3 is 0 Å². The van der Waals surface area contributed by atoms with Gasteiger partial charge in [0.05, 0.1) is 12.2 Å². The van der Waals surface area contributed by atoms with Crippen LogP contribution in [0, 0.1) is 24.2 Å². The molecule has 5 rings (SSSR count). The van der Waals surface area contributed by atoms with E-state index >= 15 is 0 Å². The molecule has 0 aliphatic carbocycles. The van der Waals surface area contributed by atoms with E-state index in [1.807, 2.05) is 29.8 Å². The molecular formula is C28H36Cl2N8O. The predicted molar refractivity (Wildman–Crippen MR) is 155 cm³/mol. The van der Waals surface area contributed by atoms with Crippen molar-refractivity contribution < 1.29 is 4.79 Å². The number of primary amides is 1. The van der Waals surface area contributed by atoms with Crippen LogP contribution in [0.5, 0.6) is 0 Å². The van der Waals surface area contributed by atoms with Crippen molar-refractivity contribution in [3.63, 3.8) is 0 Å². The van der Waals surface area contributed by atoms with Crippen molar-refractivity contribution in [1.29, 1.82) is 5.26 Å². The van der Waals surface area contributed by atoms with Crippen molar-refractivity contribution in [2.75, 3.05) is 24.5 Å². The molecule has 0 spiro atoms. The van der Waals surface area contributed by atoms with Gasteiger partial charge in [-0.25, -0.2) is 14.6 Å². The Morgan fingerprint density at radius 1 is 1.31 bits per heavy atom. The number of likely N-dealkylation sites (tertiary alicyclic amines) is 1. The van der Waals surface area contributed by atoms with Crippen molar-refractivity contribution in [3.8, 4) is 6.07 Å². The molecule has 2 saturated heterocycles. The molecule has 3 aromatic rings. The standard InChI is InChI=1S/C28H35ClN8O.ClH/c1-17-13-20(29)6-8-22(17)19(3)37-28-27(23(14-30)34-37)32-15-26(33-28)35-12-10-24(18(2)16-35)36-11-4-5-21(36)7-9-25(31)38;/h6,8,13,15,18-19,21,24H,4-5,7,9-12,16H2,1-3H3,(H2,31,38);1H. The van der Waals surface area contributed by atoms with Crippen molar-refractivity contribution in [3.05, 3.63) is 46.2 Å². The molecule has 2 N–H and O–H groups in total. The largest absolute Gasteiger partial charge is 0.370 e. The quantitative estimate of drug-likeness (QED) is 0.439. The van der Waals surface area contributed by atoms with Gasteiger partial charge in [-0.3, -0.25) is 9.69 Å². The third-order valence-electron chi connectivity index (χ3n) is 8.30. The number of hydrogen-bond donors (Lipinski definition) is 1. The van der Waals surface area contributed by atoms with Gasteiger partial charge in [0.15, 0.2) is 11.3 Å². The molecule has 9 nitrogen and oxygen atoms in total. The maximum atomic E-state index is 11.3. The van der Waals surface area contributed by atoms with Crippen molar-refractivity contribution in [2.24, 2.45) is 11.7 Å². The highest BCUT2D eigenvalue weighted by Crippen LogP contribution is 2.33. The summed E-state index contributed by atoms with van der Waals surface area (Å²) in [6.45, 7) is 9.21. The molecule has 2 fully saturated rings. The van der Waals surface area contributed by atoms with E-state index in [1.165, 1.54) is 6.42 Å². The van der Waals surface area contributed by atoms with Gasteiger partial charge in [-0.05, 0) is 75.3 Å². The monoisotopic (exact) mass is 570 g/mol. The van der Waals surface area contributed by atoms with Gasteiger partial charge in [0.1, 0.15) is 17.4 Å². The fourth-order valence-corrected chi connectivity index (χ4v) is 6.61. The molecule has 2 aromatic heterocycles. The van der Waals surface area contributed by atoms with Crippen molar-refractivity contribution >= 4 is 46.9 Å². The minimum Gasteiger partial charge on any atom is -0.370 e. The second-order valence-electron chi connectivity index (χ2n) is 10.8. The lowest BCUT2D eigenvalue weighted by Crippen LogP contribution is -2.52. The Bertz CT molecular complexity index is 1390. The van der Waals surface area contributed by atoms with Gasteiger partial charge in [-0.15, -0.1) is 12.4 Å². The zero-order valence-electron chi connectivity index (χ0n) is 22.7. The lowest BCUT2D eigenvalue weighted by atomic mass is 9.91. The summed E-state index contributed by atoms with van der Waals surface area (Å²) in [7, 11) is 0. The number of hydrogen-bond acceptors (Lipinski definition) is 7. The zero-order valence-corrected chi connectivity index (χ0v) is 24.3. The number of piperidine rings is 1. The van der Waals surface area contributed by atoms with E-state index in [9.17, 15) is 10.1 Å². The van der Waals surface area contributed by atoms with E-state index in [0.29, 0.717) is 40.6 Å². The van der Waals surface area contributed by atoms with Crippen LogP contribution in [0.3, 0.4) is 0 Å². The molecule has 39 heavy (non-hydrogen) atoms. The summed E-state index contributed by atoms with van der Waals surface area (Å²) in [4.78, 5) is 25.9. The number of aromatic nitrogens is 4. The molecule has 1 amide bonds. The first-order valence-electron chi connectivity index (χ1n) is 13.5. The van der Waals surface area contributed by atoms with E-state index in [4.69, 9.17) is 22.3 Å². The maximum absolute atomic E-state index is 11.3. The highest BCUT2D eigenvalue weighted by atomic mass is 35.5. The molecule has 208 valence electrons. The number of benzene rings is 1. The number of nitrogens with zero attached hydrogens (tertiary/aromatic N) is 7. The Balaban J connectivity index is 0.00000353. The lowest BCUT2D eigenvalue weighted by molar-refractivity contribution is -0.118. The van der Waals surface area contributed by atoms with E-state index in [-0.39, 0.29) is 30.0 Å². The fraction of sp³-hybridized carbons (Fsp3) is 0.536. The Labute approximate surface area is 240 Å². The first-order valence-corrected chi connectivity index (χ1v) is 13.8. The van der Waals surface area contributed by atoms with Gasteiger partial charge in [0.2, 0.25) is 5.91 Å². The summed E-state index contributed by atoms with van der Waals surface area (Å²) < 4.78 is 1.81. The number of rotatable bonds is 7. The average Bonchev–Trinajstić information content (AvgIpc) is 3.51. The van der Waals surface area contributed by atoms with Crippen LogP contribution in [-0.2, 0) is 4.79 Å². The maximum Gasteiger partial charge on any atom is 0.217 e. The number of aryl methyl sites for hydroxylation is 1. The lowest BCUT2D eigenvalue weighted by Gasteiger charge is -2.43. The molecule has 11 heteroatoms. The van der Waals surface area contributed by atoms with E-state index in [2.05, 4.69) is 39.8 Å². The molecule has 2 aliphatic heterocycles. The highest BCUT2D eigenvalue weighted by Gasteiger charge is 2.37. The molecule has 4 heterocycles. The SMILES string of the molecule is Cc1cc(Cl)ccc1C(C)n1nc(C#N)c2ncc(N3CCC(N4CCCC4CCC(N)=O)C(C)C3)nc21.Cl. The molecule has 1 aromatic carbocycles. The second-order valence-corrected chi connectivity index (χ2v) is 11.2. The van der Waals surface area contributed by atoms with Crippen molar-refractivity contribution in [1.82, 2.24) is 24.6 Å². The average molecular weight is 572 g/mol. The fourth-order valence-electron chi connectivity index (χ4n) is 6.38. The van der Waals surface area contributed by atoms with Gasteiger partial charge in [0, 0.05) is 36.6 Å². The Kier molecular flexibility index (Phi) is 9.00. The van der Waals surface area contributed by atoms with Crippen LogP contribution in [0.25, 0.3) is 11.2 Å². The number of anilines is 1. The summed E-state index contributed by atoms with van der Waals surface area (Å²) in [6, 6.07) is 8.77. The van der Waals surface area contributed by atoms with Gasteiger partial charge in [0.25, 0.3) is 0 Å². The first-order chi connectivity index (χ1) is 18.3. The summed E-state index contributed by atoms with van der Waals surface area (Å²) in [6.07, 6.45) is 6.41. The highest BCUT2D eigenvalue weighted by molar-refractivity contribution is 6.30. The minimum absolute atomic E-state index is 0. The third kappa shape index (κ3) is 5.84. The summed E-state index contributed by atoms with van der Waals surface area (Å²) >= 11 is 6.18. The van der Waals surface area contributed by atoms with Gasteiger partial charge < -0.3 is 10.6 Å². The molecule has 4 unspecified atom stereocenters. The molecule has 4 atom stereocenters. The summed E-state index contributed by atoms with van der Waals surface area (Å²) in [5.74, 6) is 1.03. The van der Waals surface area contributed by atoms with Crippen LogP contribution >= 0.6 is 24.0 Å². The number of nitrogens with two attached hydrogens (primary N) is 1. The van der Waals surface area contributed by atoms with Crippen LogP contribution in [0.1, 0.15) is 68.8 Å². The molecule has 0 bridgehead atoms. The van der Waals surface area contributed by atoms with Crippen LogP contribution in [-0.4, -0.2) is 62.3 Å². The number of halogens is 2. The summed E-state index contributed by atoms with van der Waals surface area (Å²) in [5, 5.41) is 15.0. The van der Waals surface area contributed by atoms with Crippen LogP contribution in [0.2, 0.25) is 5.02 Å². The molecular weight excluding hydrogens is 535 g/mol. The van der Waals surface area contributed by atoms with Gasteiger partial charge in [-0.1, -0.05) is 24.6 Å². The van der Waals surface area contributed by atoms with Crippen LogP contribution < -0.4 is 10.6 Å². The van der Waals surface area contributed by atoms with E-state index < -0.39 is 0 Å². The predicted octanol–water partition coefficient (Wildman–Crippen LogP) is 4.64. The smallest absolute Gasteiger partial charge is 0.217 e. The third-order valence-corrected chi connectivity index (χ3v) is 8.54. The van der Waals surface area contributed by atoms with Crippen molar-refractivity contribution in [2.45, 2.75) is 71.0 Å². The number of carbonyl (C=O) groups excluding carboxylic acids is 1. The van der Waals surface area contributed by atoms with E-state index in [1.54, 1.807) is 6.20 Å². The molecule has 0 radical (unpaired) electrons. The number of amides is 1. The molecule has 2 aliphatic rings. The summed E-state index contributed by atoms with van der Waals surface area (Å²) in [5.41, 5.74) is 8.96. The zero-order chi connectivity index (χ0) is 27.0. The van der Waals surface area contributed by atoms with Gasteiger partial charge in [-0.2, -0.15) is 10.4 Å². The Morgan fingerprint density at radius 2 is 2.10 bits per heavy atom. The van der Waals surface area contributed by atoms with E-state index in [0.717, 1.165) is 55.8 Å². The van der Waals surface area contributed by atoms with Crippen LogP contribution in [0.15, 0.2) is 24.4 Å². The topological polar surface area (TPSA) is 117 Å². The first kappa shape index (κ1) is 29.1. The Morgan fingerprint density at radius 3 is 2.79 bits per heavy atom. The number of nitriles is 1. The molecule has 0 saturated carbocycles. The second kappa shape index (κ2) is 12.1. The Hall–Kier alpha value is -2.93.